The van der Waals surface area contributed by atoms with Gasteiger partial charge < -0.3 is 32.2 Å². The van der Waals surface area contributed by atoms with E-state index in [-0.39, 0.29) is 74.6 Å². The molecule has 2 aromatic heterocycles. The third-order valence-corrected chi connectivity index (χ3v) is 2.90. The summed E-state index contributed by atoms with van der Waals surface area (Å²) >= 11 is 0. The van der Waals surface area contributed by atoms with Crippen LogP contribution in [0, 0.1) is 7.43 Å². The molecule has 3 radical (unpaired) electrons. The molecule has 10 nitrogen and oxygen atoms in total. The molecule has 0 bridgehead atoms. The third kappa shape index (κ3) is 13.9. The number of methoxy groups -OCH3 is 3. The first-order chi connectivity index (χ1) is 13.9. The number of aliphatic hydroxyl groups excluding tert-OH is 1. The van der Waals surface area contributed by atoms with Crippen LogP contribution in [0.4, 0.5) is 0 Å². The fourth-order valence-electron chi connectivity index (χ4n) is 1.66. The third-order valence-electron chi connectivity index (χ3n) is 2.90. The molecule has 0 amide bonds. The van der Waals surface area contributed by atoms with E-state index < -0.39 is 17.9 Å². The molecular formula is C20H29BN2NaO8. The molecule has 2 heterocycles. The Morgan fingerprint density at radius 3 is 1.50 bits per heavy atom. The van der Waals surface area contributed by atoms with Crippen LogP contribution in [0.3, 0.4) is 0 Å². The monoisotopic (exact) mass is 460 g/mol. The van der Waals surface area contributed by atoms with E-state index in [0.717, 1.165) is 0 Å². The van der Waals surface area contributed by atoms with Crippen molar-refractivity contribution in [3.63, 3.8) is 0 Å². The zero-order chi connectivity index (χ0) is 22.2. The number of rotatable bonds is 4. The van der Waals surface area contributed by atoms with E-state index in [4.69, 9.17) is 6.48 Å². The van der Waals surface area contributed by atoms with E-state index in [1.807, 2.05) is 0 Å². The minimum atomic E-state index is -0.587. The Hall–Kier alpha value is -2.31. The molecule has 0 aliphatic heterocycles. The van der Waals surface area contributed by atoms with Gasteiger partial charge in [-0.2, -0.15) is 0 Å². The van der Waals surface area contributed by atoms with Crippen molar-refractivity contribution in [2.75, 3.05) is 21.3 Å². The Balaban J connectivity index is -0.000000128. The van der Waals surface area contributed by atoms with Crippen LogP contribution in [0.15, 0.2) is 36.4 Å². The van der Waals surface area contributed by atoms with Crippen LogP contribution in [-0.4, -0.2) is 68.2 Å². The van der Waals surface area contributed by atoms with Crippen LogP contribution in [0.1, 0.15) is 52.4 Å². The number of carbonyl (C=O) groups is 3. The molecule has 0 aliphatic rings. The minimum Gasteiger partial charge on any atom is -0.464 e. The summed E-state index contributed by atoms with van der Waals surface area (Å²) in [5.41, 5.74) is 0.827. The van der Waals surface area contributed by atoms with Crippen LogP contribution in [-0.2, 0) is 20.8 Å². The number of aromatic nitrogens is 2. The number of carbonyl (C=O) groups excluding carboxylic acids is 3. The van der Waals surface area contributed by atoms with Crippen molar-refractivity contribution in [3.8, 4) is 0 Å². The molecule has 0 saturated carbocycles. The van der Waals surface area contributed by atoms with Gasteiger partial charge >= 0.3 is 47.5 Å². The number of hydrogen-bond acceptors (Lipinski definition) is 9. The number of nitrogens with zero attached hydrogens (tertiary/aromatic N) is 2. The first kappa shape index (κ1) is 37.0. The maximum absolute atomic E-state index is 11.0. The maximum Gasteiger partial charge on any atom is 1.00 e. The van der Waals surface area contributed by atoms with Gasteiger partial charge in [0, 0.05) is 9.78 Å². The zero-order valence-corrected chi connectivity index (χ0v) is 21.2. The summed E-state index contributed by atoms with van der Waals surface area (Å²) in [5, 5.41) is 8.70. The molecule has 171 valence electrons. The van der Waals surface area contributed by atoms with Gasteiger partial charge in [0.05, 0.1) is 33.6 Å². The number of aliphatic hydroxyl groups is 1. The number of esters is 3. The fraction of sp³-hybridized carbons (Fsp3) is 0.300. The fourth-order valence-corrected chi connectivity index (χ4v) is 1.66. The number of pyridine rings is 2. The van der Waals surface area contributed by atoms with Gasteiger partial charge in [0.1, 0.15) is 17.1 Å². The van der Waals surface area contributed by atoms with E-state index in [0.29, 0.717) is 12.6 Å². The van der Waals surface area contributed by atoms with E-state index in [1.165, 1.54) is 45.6 Å². The average Bonchev–Trinajstić information content (AvgIpc) is 2.78. The van der Waals surface area contributed by atoms with E-state index in [1.54, 1.807) is 19.1 Å². The average molecular weight is 460 g/mol. The molecule has 0 aromatic carbocycles. The van der Waals surface area contributed by atoms with Gasteiger partial charge in [-0.3, -0.25) is 0 Å². The minimum absolute atomic E-state index is 0. The molecule has 2 rings (SSSR count). The molecule has 2 aromatic rings. The Kier molecular flexibility index (Phi) is 27.0. The molecule has 0 spiro atoms. The first-order valence-electron chi connectivity index (χ1n) is 8.67. The van der Waals surface area contributed by atoms with Gasteiger partial charge in [0.15, 0.2) is 0 Å². The summed E-state index contributed by atoms with van der Waals surface area (Å²) in [6.07, 6.45) is 0. The first-order valence-corrected chi connectivity index (χ1v) is 7.96. The predicted molar refractivity (Wildman–Crippen MR) is 116 cm³/mol. The van der Waals surface area contributed by atoms with Gasteiger partial charge in [-0.1, -0.05) is 26.0 Å². The van der Waals surface area contributed by atoms with Crippen molar-refractivity contribution in [1.82, 2.24) is 9.97 Å². The summed E-state index contributed by atoms with van der Waals surface area (Å²) in [4.78, 5) is 40.6. The molecule has 12 heteroatoms. The topological polar surface area (TPSA) is 156 Å². The molecule has 0 aliphatic carbocycles. The normalized spacial score (nSPS) is 8.22. The van der Waals surface area contributed by atoms with Crippen molar-refractivity contribution < 1.29 is 70.1 Å². The Morgan fingerprint density at radius 1 is 0.875 bits per heavy atom. The van der Waals surface area contributed by atoms with Crippen molar-refractivity contribution in [3.05, 3.63) is 66.6 Å². The molecule has 0 atom stereocenters. The predicted octanol–water partition coefficient (Wildman–Crippen LogP) is -1.71. The molecular weight excluding hydrogens is 430 g/mol. The number of hydrogen-bond donors (Lipinski definition) is 1. The summed E-state index contributed by atoms with van der Waals surface area (Å²) in [6.45, 7) is 2.12. The van der Waals surface area contributed by atoms with Crippen LogP contribution in [0.5, 0.6) is 0 Å². The summed E-state index contributed by atoms with van der Waals surface area (Å²) in [5.74, 6) is -1.67. The Morgan fingerprint density at radius 2 is 1.19 bits per heavy atom. The Bertz CT molecular complexity index is 784. The zero-order valence-electron chi connectivity index (χ0n) is 20.2. The van der Waals surface area contributed by atoms with Gasteiger partial charge in [-0.15, -0.1) is 0 Å². The van der Waals surface area contributed by atoms with E-state index in [2.05, 4.69) is 24.2 Å². The van der Waals surface area contributed by atoms with E-state index in [9.17, 15) is 14.4 Å². The van der Waals surface area contributed by atoms with Crippen molar-refractivity contribution in [2.45, 2.75) is 20.4 Å². The second-order valence-electron chi connectivity index (χ2n) is 4.56. The molecule has 0 fully saturated rings. The summed E-state index contributed by atoms with van der Waals surface area (Å²) in [7, 11) is 3.78. The van der Waals surface area contributed by atoms with Crippen molar-refractivity contribution in [2.24, 2.45) is 0 Å². The van der Waals surface area contributed by atoms with Crippen molar-refractivity contribution >= 4 is 26.3 Å². The van der Waals surface area contributed by atoms with Crippen LogP contribution >= 0.6 is 0 Å². The van der Waals surface area contributed by atoms with E-state index >= 15 is 0 Å². The summed E-state index contributed by atoms with van der Waals surface area (Å²) < 4.78 is 19.6. The van der Waals surface area contributed by atoms with Crippen molar-refractivity contribution in [1.29, 1.82) is 0 Å². The van der Waals surface area contributed by atoms with Gasteiger partial charge in [-0.05, 0) is 24.3 Å². The van der Waals surface area contributed by atoms with Gasteiger partial charge in [-0.25, -0.2) is 24.4 Å². The maximum atomic E-state index is 11.0. The number of ether oxygens (including phenoxy) is 3. The molecule has 3 N–H and O–H groups in total. The SMILES string of the molecule is COC(=O)c1cccc(C(=O)OC)n1.COC(=O)c1cccc(CO)n1.O.[2H]CC.[B].[CH3-].[Na+]. The quantitative estimate of drug-likeness (QED) is 0.243. The summed E-state index contributed by atoms with van der Waals surface area (Å²) in [6, 6.07) is 9.25. The standard InChI is InChI=1S/C9H9NO4.C8H9NO3.C2H6.CH3.B.Na.H2O/c1-13-8(11)6-4-3-5-7(10-6)9(12)14-2;1-12-8(11)7-4-2-3-6(5-10)9-7;1-2;;;;/h3-5H,1-2H3;2-4,10H,5H2,1H3;1-2H3;1H3;;;1H2/q;;;-1;;+1;/i;;1D;;;;. The van der Waals surface area contributed by atoms with Gasteiger partial charge in [0.2, 0.25) is 0 Å². The molecule has 32 heavy (non-hydrogen) atoms. The second kappa shape index (κ2) is 23.4. The van der Waals surface area contributed by atoms with Crippen LogP contribution < -0.4 is 29.6 Å². The van der Waals surface area contributed by atoms with Crippen LogP contribution in [0.25, 0.3) is 0 Å². The van der Waals surface area contributed by atoms with Crippen LogP contribution in [0.2, 0.25) is 0 Å². The van der Waals surface area contributed by atoms with Gasteiger partial charge in [0.25, 0.3) is 0 Å². The Labute approximate surface area is 214 Å². The second-order valence-corrected chi connectivity index (χ2v) is 4.56. The molecule has 0 saturated heterocycles. The molecule has 0 unspecified atom stereocenters. The largest absolute Gasteiger partial charge is 1.00 e. The smallest absolute Gasteiger partial charge is 0.464 e.